The Bertz CT molecular complexity index is 1210. The van der Waals surface area contributed by atoms with Crippen molar-refractivity contribution in [1.82, 2.24) is 14.5 Å². The highest BCUT2D eigenvalue weighted by atomic mass is 35.5. The van der Waals surface area contributed by atoms with Crippen LogP contribution in [0.4, 0.5) is 11.5 Å². The predicted molar refractivity (Wildman–Crippen MR) is 117 cm³/mol. The Morgan fingerprint density at radius 3 is 2.23 bits per heavy atom. The Labute approximate surface area is 184 Å². The van der Waals surface area contributed by atoms with Gasteiger partial charge in [0.05, 0.1) is 15.6 Å². The maximum absolute atomic E-state index is 13.0. The number of nitro groups is 1. The maximum Gasteiger partial charge on any atom is 0.289 e. The summed E-state index contributed by atoms with van der Waals surface area (Å²) in [5, 5.41) is 20.3. The second-order valence-corrected chi connectivity index (χ2v) is 9.19. The van der Waals surface area contributed by atoms with Gasteiger partial charge in [-0.25, -0.2) is 8.42 Å². The molecule has 1 aliphatic heterocycles. The summed E-state index contributed by atoms with van der Waals surface area (Å²) in [5.41, 5.74) is 1.00. The number of anilines is 1. The summed E-state index contributed by atoms with van der Waals surface area (Å²) in [7, 11) is -3.98. The van der Waals surface area contributed by atoms with Crippen LogP contribution in [0, 0.1) is 10.1 Å². The molecule has 0 spiro atoms. The third-order valence-electron chi connectivity index (χ3n) is 5.04. The number of rotatable bonds is 5. The molecular formula is C20H18ClN5O4S. The normalized spacial score (nSPS) is 15.1. The molecule has 0 bridgehead atoms. The molecule has 1 saturated heterocycles. The molecule has 11 heteroatoms. The fourth-order valence-electron chi connectivity index (χ4n) is 3.43. The monoisotopic (exact) mass is 459 g/mol. The van der Waals surface area contributed by atoms with Gasteiger partial charge in [0.25, 0.3) is 5.69 Å². The molecule has 2 heterocycles. The molecule has 1 fully saturated rings. The van der Waals surface area contributed by atoms with Crippen LogP contribution in [-0.4, -0.2) is 54.0 Å². The van der Waals surface area contributed by atoms with Crippen LogP contribution in [0.3, 0.4) is 0 Å². The lowest BCUT2D eigenvalue weighted by Crippen LogP contribution is -2.49. The Kier molecular flexibility index (Phi) is 5.86. The van der Waals surface area contributed by atoms with Crippen molar-refractivity contribution in [1.29, 1.82) is 0 Å². The fourth-order valence-corrected chi connectivity index (χ4v) is 5.24. The van der Waals surface area contributed by atoms with E-state index in [0.717, 1.165) is 5.56 Å². The Hall–Kier alpha value is -3.08. The molecule has 0 saturated carbocycles. The van der Waals surface area contributed by atoms with E-state index in [1.807, 2.05) is 35.2 Å². The number of sulfonamides is 1. The van der Waals surface area contributed by atoms with E-state index in [1.165, 1.54) is 28.6 Å². The molecule has 0 amide bonds. The molecule has 1 aliphatic rings. The van der Waals surface area contributed by atoms with Crippen LogP contribution in [-0.2, 0) is 10.0 Å². The van der Waals surface area contributed by atoms with Gasteiger partial charge in [0.2, 0.25) is 10.0 Å². The van der Waals surface area contributed by atoms with Crippen molar-refractivity contribution in [3.05, 3.63) is 75.8 Å². The van der Waals surface area contributed by atoms with Gasteiger partial charge in [-0.05, 0) is 24.3 Å². The summed E-state index contributed by atoms with van der Waals surface area (Å²) in [6.45, 7) is 1.14. The van der Waals surface area contributed by atoms with Gasteiger partial charge in [-0.2, -0.15) is 4.31 Å². The van der Waals surface area contributed by atoms with Crippen molar-refractivity contribution in [2.75, 3.05) is 31.1 Å². The first kappa shape index (κ1) is 21.2. The Morgan fingerprint density at radius 1 is 0.903 bits per heavy atom. The molecule has 31 heavy (non-hydrogen) atoms. The second kappa shape index (κ2) is 8.58. The molecule has 0 aliphatic carbocycles. The predicted octanol–water partition coefficient (Wildman–Crippen LogP) is 3.22. The van der Waals surface area contributed by atoms with Crippen LogP contribution in [0.1, 0.15) is 0 Å². The molecule has 160 valence electrons. The zero-order valence-electron chi connectivity index (χ0n) is 16.3. The fraction of sp³-hybridized carbons (Fsp3) is 0.200. The van der Waals surface area contributed by atoms with Crippen molar-refractivity contribution in [3.8, 4) is 11.3 Å². The average molecular weight is 460 g/mol. The lowest BCUT2D eigenvalue weighted by atomic mass is 10.1. The van der Waals surface area contributed by atoms with E-state index in [0.29, 0.717) is 29.6 Å². The summed E-state index contributed by atoms with van der Waals surface area (Å²) < 4.78 is 27.2. The molecule has 3 aromatic rings. The summed E-state index contributed by atoms with van der Waals surface area (Å²) in [4.78, 5) is 12.2. The lowest BCUT2D eigenvalue weighted by molar-refractivity contribution is -0.387. The highest BCUT2D eigenvalue weighted by molar-refractivity contribution is 7.89. The van der Waals surface area contributed by atoms with Crippen LogP contribution < -0.4 is 4.90 Å². The standard InChI is InChI=1S/C20H18ClN5O4S/c21-16-6-2-1-5-15(16)17-9-10-20(23-22-17)24-11-13-25(14-12-24)31(29,30)19-8-4-3-7-18(19)26(27)28/h1-10H,11-14H2. The molecule has 4 rings (SSSR count). The summed E-state index contributed by atoms with van der Waals surface area (Å²) in [6, 6.07) is 16.4. The number of benzene rings is 2. The molecular weight excluding hydrogens is 442 g/mol. The molecule has 0 radical (unpaired) electrons. The van der Waals surface area contributed by atoms with Gasteiger partial charge in [0.15, 0.2) is 10.7 Å². The molecule has 2 aromatic carbocycles. The number of nitro benzene ring substituents is 1. The van der Waals surface area contributed by atoms with E-state index in [9.17, 15) is 18.5 Å². The number of hydrogen-bond donors (Lipinski definition) is 0. The van der Waals surface area contributed by atoms with Gasteiger partial charge >= 0.3 is 0 Å². The van der Waals surface area contributed by atoms with Gasteiger partial charge in [0.1, 0.15) is 0 Å². The number of piperazine rings is 1. The lowest BCUT2D eigenvalue weighted by Gasteiger charge is -2.34. The van der Waals surface area contributed by atoms with E-state index in [4.69, 9.17) is 11.6 Å². The van der Waals surface area contributed by atoms with Crippen LogP contribution >= 0.6 is 11.6 Å². The first-order valence-electron chi connectivity index (χ1n) is 9.45. The zero-order valence-corrected chi connectivity index (χ0v) is 17.8. The quantitative estimate of drug-likeness (QED) is 0.425. The Balaban J connectivity index is 1.48. The molecule has 0 unspecified atom stereocenters. The van der Waals surface area contributed by atoms with Crippen molar-refractivity contribution < 1.29 is 13.3 Å². The Morgan fingerprint density at radius 2 is 1.58 bits per heavy atom. The molecule has 0 N–H and O–H groups in total. The topological polar surface area (TPSA) is 110 Å². The van der Waals surface area contributed by atoms with Crippen LogP contribution in [0.2, 0.25) is 5.02 Å². The number of aromatic nitrogens is 2. The smallest absolute Gasteiger partial charge is 0.289 e. The number of hydrogen-bond acceptors (Lipinski definition) is 7. The van der Waals surface area contributed by atoms with E-state index in [-0.39, 0.29) is 18.0 Å². The largest absolute Gasteiger partial charge is 0.352 e. The highest BCUT2D eigenvalue weighted by Gasteiger charge is 2.33. The van der Waals surface area contributed by atoms with Crippen molar-refractivity contribution in [2.24, 2.45) is 0 Å². The minimum absolute atomic E-state index is 0.183. The van der Waals surface area contributed by atoms with Gasteiger partial charge in [-0.15, -0.1) is 10.2 Å². The SMILES string of the molecule is O=[N+]([O-])c1ccccc1S(=O)(=O)N1CCN(c2ccc(-c3ccccc3Cl)nn2)CC1. The number of para-hydroxylation sites is 1. The van der Waals surface area contributed by atoms with Crippen molar-refractivity contribution >= 4 is 33.1 Å². The molecule has 0 atom stereocenters. The number of halogens is 1. The summed E-state index contributed by atoms with van der Waals surface area (Å²) in [6.07, 6.45) is 0. The number of nitrogens with zero attached hydrogens (tertiary/aromatic N) is 5. The molecule has 1 aromatic heterocycles. The van der Waals surface area contributed by atoms with Gasteiger partial charge < -0.3 is 4.90 Å². The first-order chi connectivity index (χ1) is 14.9. The van der Waals surface area contributed by atoms with Crippen molar-refractivity contribution in [3.63, 3.8) is 0 Å². The van der Waals surface area contributed by atoms with E-state index in [1.54, 1.807) is 6.07 Å². The van der Waals surface area contributed by atoms with E-state index >= 15 is 0 Å². The minimum atomic E-state index is -3.98. The third-order valence-corrected chi connectivity index (χ3v) is 7.32. The van der Waals surface area contributed by atoms with Gasteiger partial charge in [-0.3, -0.25) is 10.1 Å². The van der Waals surface area contributed by atoms with Gasteiger partial charge in [0, 0.05) is 37.8 Å². The second-order valence-electron chi connectivity index (χ2n) is 6.87. The minimum Gasteiger partial charge on any atom is -0.352 e. The van der Waals surface area contributed by atoms with E-state index in [2.05, 4.69) is 10.2 Å². The van der Waals surface area contributed by atoms with Crippen LogP contribution in [0.5, 0.6) is 0 Å². The van der Waals surface area contributed by atoms with Crippen LogP contribution in [0.15, 0.2) is 65.6 Å². The summed E-state index contributed by atoms with van der Waals surface area (Å²) in [5.74, 6) is 0.624. The highest BCUT2D eigenvalue weighted by Crippen LogP contribution is 2.28. The molecule has 9 nitrogen and oxygen atoms in total. The average Bonchev–Trinajstić information content (AvgIpc) is 2.79. The van der Waals surface area contributed by atoms with Crippen molar-refractivity contribution in [2.45, 2.75) is 4.90 Å². The first-order valence-corrected chi connectivity index (χ1v) is 11.3. The van der Waals surface area contributed by atoms with Crippen LogP contribution in [0.25, 0.3) is 11.3 Å². The third kappa shape index (κ3) is 4.22. The zero-order chi connectivity index (χ0) is 22.0. The summed E-state index contributed by atoms with van der Waals surface area (Å²) >= 11 is 6.20. The van der Waals surface area contributed by atoms with Gasteiger partial charge in [-0.1, -0.05) is 41.9 Å². The van der Waals surface area contributed by atoms with E-state index < -0.39 is 20.6 Å². The maximum atomic E-state index is 13.0.